The van der Waals surface area contributed by atoms with Crippen LogP contribution in [0, 0.1) is 6.92 Å². The molecule has 0 spiro atoms. The van der Waals surface area contributed by atoms with Crippen molar-refractivity contribution >= 4 is 11.8 Å². The number of nitrogens with zero attached hydrogens (tertiary/aromatic N) is 3. The van der Waals surface area contributed by atoms with Gasteiger partial charge in [-0.15, -0.1) is 0 Å². The third-order valence-corrected chi connectivity index (χ3v) is 3.76. The SMILES string of the molecule is Cc1cc(NCc2ccco2)nc(N2CCCCCC2)n1. The third kappa shape index (κ3) is 3.74. The average molecular weight is 286 g/mol. The van der Waals surface area contributed by atoms with Crippen molar-refractivity contribution in [2.24, 2.45) is 0 Å². The van der Waals surface area contributed by atoms with Crippen molar-refractivity contribution in [3.8, 4) is 0 Å². The van der Waals surface area contributed by atoms with Crippen LogP contribution in [-0.2, 0) is 6.54 Å². The molecule has 0 saturated carbocycles. The monoisotopic (exact) mass is 286 g/mol. The highest BCUT2D eigenvalue weighted by Gasteiger charge is 2.13. The van der Waals surface area contributed by atoms with Crippen molar-refractivity contribution in [1.29, 1.82) is 0 Å². The summed E-state index contributed by atoms with van der Waals surface area (Å²) in [6.45, 7) is 4.77. The molecular weight excluding hydrogens is 264 g/mol. The highest BCUT2D eigenvalue weighted by Crippen LogP contribution is 2.18. The van der Waals surface area contributed by atoms with Gasteiger partial charge in [0.1, 0.15) is 11.6 Å². The van der Waals surface area contributed by atoms with Crippen LogP contribution in [0.2, 0.25) is 0 Å². The van der Waals surface area contributed by atoms with E-state index in [9.17, 15) is 0 Å². The maximum atomic E-state index is 5.33. The van der Waals surface area contributed by atoms with Crippen LogP contribution in [-0.4, -0.2) is 23.1 Å². The standard InChI is InChI=1S/C16H22N4O/c1-13-11-15(17-12-14-7-6-10-21-14)19-16(18-13)20-8-4-2-3-5-9-20/h6-7,10-11H,2-5,8-9,12H2,1H3,(H,17,18,19). The molecule has 1 saturated heterocycles. The molecule has 1 aliphatic rings. The van der Waals surface area contributed by atoms with Gasteiger partial charge >= 0.3 is 0 Å². The Labute approximate surface area is 125 Å². The molecule has 0 aliphatic carbocycles. The van der Waals surface area contributed by atoms with Crippen LogP contribution in [0.3, 0.4) is 0 Å². The first-order valence-electron chi connectivity index (χ1n) is 7.68. The van der Waals surface area contributed by atoms with Gasteiger partial charge < -0.3 is 14.6 Å². The fraction of sp³-hybridized carbons (Fsp3) is 0.500. The second-order valence-corrected chi connectivity index (χ2v) is 5.53. The Morgan fingerprint density at radius 3 is 2.71 bits per heavy atom. The molecular formula is C16H22N4O. The molecule has 21 heavy (non-hydrogen) atoms. The van der Waals surface area contributed by atoms with Crippen LogP contribution in [0.1, 0.15) is 37.1 Å². The predicted molar refractivity (Wildman–Crippen MR) is 83.5 cm³/mol. The first-order chi connectivity index (χ1) is 10.3. The second kappa shape index (κ2) is 6.61. The van der Waals surface area contributed by atoms with Crippen molar-refractivity contribution in [2.75, 3.05) is 23.3 Å². The van der Waals surface area contributed by atoms with E-state index in [0.717, 1.165) is 36.3 Å². The molecule has 5 heteroatoms. The fourth-order valence-electron chi connectivity index (χ4n) is 2.65. The van der Waals surface area contributed by atoms with Crippen LogP contribution in [0.25, 0.3) is 0 Å². The molecule has 112 valence electrons. The summed E-state index contributed by atoms with van der Waals surface area (Å²) >= 11 is 0. The van der Waals surface area contributed by atoms with Gasteiger partial charge in [0, 0.05) is 24.8 Å². The molecule has 1 N–H and O–H groups in total. The van der Waals surface area contributed by atoms with Gasteiger partial charge in [-0.2, -0.15) is 4.98 Å². The van der Waals surface area contributed by atoms with E-state index in [1.54, 1.807) is 6.26 Å². The lowest BCUT2D eigenvalue weighted by Crippen LogP contribution is -2.26. The van der Waals surface area contributed by atoms with Crippen LogP contribution < -0.4 is 10.2 Å². The molecule has 2 aromatic rings. The fourth-order valence-corrected chi connectivity index (χ4v) is 2.65. The molecule has 3 heterocycles. The Morgan fingerprint density at radius 1 is 1.19 bits per heavy atom. The van der Waals surface area contributed by atoms with Gasteiger partial charge in [0.15, 0.2) is 0 Å². The second-order valence-electron chi connectivity index (χ2n) is 5.53. The number of nitrogens with one attached hydrogen (secondary N) is 1. The number of hydrogen-bond acceptors (Lipinski definition) is 5. The van der Waals surface area contributed by atoms with Gasteiger partial charge in [0.2, 0.25) is 5.95 Å². The summed E-state index contributed by atoms with van der Waals surface area (Å²) in [5.41, 5.74) is 0.992. The van der Waals surface area contributed by atoms with Gasteiger partial charge in [-0.05, 0) is 31.9 Å². The number of furan rings is 1. The summed E-state index contributed by atoms with van der Waals surface area (Å²) < 4.78 is 5.33. The first-order valence-corrected chi connectivity index (χ1v) is 7.68. The molecule has 2 aromatic heterocycles. The summed E-state index contributed by atoms with van der Waals surface area (Å²) in [5, 5.41) is 3.31. The maximum Gasteiger partial charge on any atom is 0.227 e. The smallest absolute Gasteiger partial charge is 0.227 e. The van der Waals surface area contributed by atoms with Crippen molar-refractivity contribution in [3.05, 3.63) is 35.9 Å². The van der Waals surface area contributed by atoms with E-state index in [4.69, 9.17) is 4.42 Å². The molecule has 0 amide bonds. The zero-order valence-corrected chi connectivity index (χ0v) is 12.5. The van der Waals surface area contributed by atoms with E-state index < -0.39 is 0 Å². The maximum absolute atomic E-state index is 5.33. The van der Waals surface area contributed by atoms with Crippen molar-refractivity contribution in [1.82, 2.24) is 9.97 Å². The predicted octanol–water partition coefficient (Wildman–Crippen LogP) is 3.37. The number of hydrogen-bond donors (Lipinski definition) is 1. The summed E-state index contributed by atoms with van der Waals surface area (Å²) in [5.74, 6) is 2.61. The van der Waals surface area contributed by atoms with Crippen molar-refractivity contribution in [2.45, 2.75) is 39.2 Å². The minimum Gasteiger partial charge on any atom is -0.467 e. The average Bonchev–Trinajstić information content (AvgIpc) is 2.85. The summed E-state index contributed by atoms with van der Waals surface area (Å²) in [6.07, 6.45) is 6.77. The van der Waals surface area contributed by atoms with Crippen LogP contribution in [0.15, 0.2) is 28.9 Å². The Hall–Kier alpha value is -2.04. The highest BCUT2D eigenvalue weighted by atomic mass is 16.3. The van der Waals surface area contributed by atoms with E-state index in [0.29, 0.717) is 6.54 Å². The Balaban J connectivity index is 1.72. The van der Waals surface area contributed by atoms with Crippen LogP contribution in [0.5, 0.6) is 0 Å². The van der Waals surface area contributed by atoms with Crippen molar-refractivity contribution < 1.29 is 4.42 Å². The normalized spacial score (nSPS) is 15.8. The lowest BCUT2D eigenvalue weighted by atomic mass is 10.2. The molecule has 0 bridgehead atoms. The Bertz CT molecular complexity index is 560. The zero-order valence-electron chi connectivity index (χ0n) is 12.5. The largest absolute Gasteiger partial charge is 0.467 e. The molecule has 3 rings (SSSR count). The number of rotatable bonds is 4. The van der Waals surface area contributed by atoms with Gasteiger partial charge in [0.25, 0.3) is 0 Å². The minimum absolute atomic E-state index is 0.642. The van der Waals surface area contributed by atoms with Crippen molar-refractivity contribution in [3.63, 3.8) is 0 Å². The van der Waals surface area contributed by atoms with E-state index >= 15 is 0 Å². The quantitative estimate of drug-likeness (QED) is 0.934. The van der Waals surface area contributed by atoms with E-state index in [2.05, 4.69) is 20.2 Å². The minimum atomic E-state index is 0.642. The van der Waals surface area contributed by atoms with E-state index in [1.165, 1.54) is 25.7 Å². The summed E-state index contributed by atoms with van der Waals surface area (Å²) in [7, 11) is 0. The summed E-state index contributed by atoms with van der Waals surface area (Å²) in [4.78, 5) is 11.6. The molecule has 0 radical (unpaired) electrons. The van der Waals surface area contributed by atoms with E-state index in [-0.39, 0.29) is 0 Å². The lowest BCUT2D eigenvalue weighted by Gasteiger charge is -2.21. The van der Waals surface area contributed by atoms with E-state index in [1.807, 2.05) is 25.1 Å². The Morgan fingerprint density at radius 2 is 2.00 bits per heavy atom. The molecule has 1 aliphatic heterocycles. The topological polar surface area (TPSA) is 54.2 Å². The van der Waals surface area contributed by atoms with Gasteiger partial charge in [-0.25, -0.2) is 4.98 Å². The van der Waals surface area contributed by atoms with Gasteiger partial charge in [-0.3, -0.25) is 0 Å². The molecule has 0 unspecified atom stereocenters. The first kappa shape index (κ1) is 13.9. The van der Waals surface area contributed by atoms with Crippen LogP contribution in [0.4, 0.5) is 11.8 Å². The van der Waals surface area contributed by atoms with Crippen LogP contribution >= 0.6 is 0 Å². The van der Waals surface area contributed by atoms with Gasteiger partial charge in [-0.1, -0.05) is 12.8 Å². The number of aromatic nitrogens is 2. The molecule has 0 atom stereocenters. The highest BCUT2D eigenvalue weighted by molar-refractivity contribution is 5.43. The molecule has 0 aromatic carbocycles. The third-order valence-electron chi connectivity index (χ3n) is 3.76. The van der Waals surface area contributed by atoms with Gasteiger partial charge in [0.05, 0.1) is 12.8 Å². The zero-order chi connectivity index (χ0) is 14.5. The summed E-state index contributed by atoms with van der Waals surface area (Å²) in [6, 6.07) is 5.83. The Kier molecular flexibility index (Phi) is 4.38. The molecule has 5 nitrogen and oxygen atoms in total. The number of aryl methyl sites for hydroxylation is 1. The number of anilines is 2. The lowest BCUT2D eigenvalue weighted by molar-refractivity contribution is 0.518. The molecule has 1 fully saturated rings.